The fourth-order valence-electron chi connectivity index (χ4n) is 1.31. The number of thioether (sulfide) groups is 1. The highest BCUT2D eigenvalue weighted by molar-refractivity contribution is 8.01. The summed E-state index contributed by atoms with van der Waals surface area (Å²) >= 11 is 1.29. The quantitative estimate of drug-likeness (QED) is 0.669. The van der Waals surface area contributed by atoms with E-state index in [1.165, 1.54) is 11.8 Å². The minimum Gasteiger partial charge on any atom is -0.465 e. The Morgan fingerprint density at radius 3 is 2.28 bits per heavy atom. The Morgan fingerprint density at radius 2 is 1.83 bits per heavy atom. The van der Waals surface area contributed by atoms with Gasteiger partial charge in [0, 0.05) is 0 Å². The van der Waals surface area contributed by atoms with E-state index in [9.17, 15) is 9.59 Å². The van der Waals surface area contributed by atoms with Gasteiger partial charge in [-0.15, -0.1) is 11.8 Å². The van der Waals surface area contributed by atoms with Crippen LogP contribution < -0.4 is 0 Å². The zero-order chi connectivity index (χ0) is 14.2. The van der Waals surface area contributed by atoms with E-state index in [-0.39, 0.29) is 22.9 Å². The van der Waals surface area contributed by atoms with Crippen LogP contribution in [0, 0.1) is 0 Å². The summed E-state index contributed by atoms with van der Waals surface area (Å²) in [5.74, 6) is -0.355. The van der Waals surface area contributed by atoms with Gasteiger partial charge in [0.2, 0.25) is 0 Å². The second-order valence-electron chi connectivity index (χ2n) is 4.93. The predicted molar refractivity (Wildman–Crippen MR) is 73.6 cm³/mol. The summed E-state index contributed by atoms with van der Waals surface area (Å²) in [5, 5.41) is -0.275. The van der Waals surface area contributed by atoms with Crippen LogP contribution in [0.3, 0.4) is 0 Å². The normalized spacial score (nSPS) is 12.9. The van der Waals surface area contributed by atoms with Crippen molar-refractivity contribution in [3.8, 4) is 0 Å². The summed E-state index contributed by atoms with van der Waals surface area (Å²) in [6, 6.07) is 0. The molecule has 0 fully saturated rings. The zero-order valence-corrected chi connectivity index (χ0v) is 12.8. The van der Waals surface area contributed by atoms with Gasteiger partial charge >= 0.3 is 11.9 Å². The zero-order valence-electron chi connectivity index (χ0n) is 11.9. The van der Waals surface area contributed by atoms with Crippen molar-refractivity contribution in [3.05, 3.63) is 0 Å². The fourth-order valence-corrected chi connectivity index (χ4v) is 2.31. The minimum absolute atomic E-state index is 0.181. The molecule has 0 aliphatic heterocycles. The van der Waals surface area contributed by atoms with Crippen LogP contribution >= 0.6 is 11.8 Å². The van der Waals surface area contributed by atoms with E-state index in [4.69, 9.17) is 9.47 Å². The summed E-state index contributed by atoms with van der Waals surface area (Å²) in [5.41, 5.74) is -0.484. The summed E-state index contributed by atoms with van der Waals surface area (Å²) in [4.78, 5) is 23.2. The molecular weight excluding hydrogens is 252 g/mol. The molecule has 0 saturated heterocycles. The van der Waals surface area contributed by atoms with Crippen LogP contribution in [0.5, 0.6) is 0 Å². The molecule has 0 N–H and O–H groups in total. The van der Waals surface area contributed by atoms with Crippen molar-refractivity contribution in [2.24, 2.45) is 0 Å². The molecule has 18 heavy (non-hydrogen) atoms. The smallest absolute Gasteiger partial charge is 0.319 e. The Morgan fingerprint density at radius 1 is 1.22 bits per heavy atom. The van der Waals surface area contributed by atoms with E-state index in [2.05, 4.69) is 0 Å². The van der Waals surface area contributed by atoms with Gasteiger partial charge in [0.1, 0.15) is 10.9 Å². The van der Waals surface area contributed by atoms with Gasteiger partial charge in [-0.3, -0.25) is 9.59 Å². The number of hydrogen-bond acceptors (Lipinski definition) is 5. The molecule has 0 saturated carbocycles. The van der Waals surface area contributed by atoms with Gasteiger partial charge < -0.3 is 9.47 Å². The van der Waals surface area contributed by atoms with Crippen molar-refractivity contribution >= 4 is 23.7 Å². The van der Waals surface area contributed by atoms with Gasteiger partial charge in [-0.25, -0.2) is 0 Å². The summed E-state index contributed by atoms with van der Waals surface area (Å²) < 4.78 is 10.2. The number of esters is 2. The monoisotopic (exact) mass is 276 g/mol. The first-order valence-electron chi connectivity index (χ1n) is 6.30. The van der Waals surface area contributed by atoms with Crippen LogP contribution in [0.15, 0.2) is 0 Å². The lowest BCUT2D eigenvalue weighted by Gasteiger charge is -2.20. The van der Waals surface area contributed by atoms with Crippen molar-refractivity contribution in [3.63, 3.8) is 0 Å². The average molecular weight is 276 g/mol. The lowest BCUT2D eigenvalue weighted by atomic mass is 10.2. The highest BCUT2D eigenvalue weighted by atomic mass is 32.2. The molecule has 4 nitrogen and oxygen atoms in total. The maximum atomic E-state index is 11.6. The van der Waals surface area contributed by atoms with Crippen molar-refractivity contribution < 1.29 is 19.1 Å². The maximum absolute atomic E-state index is 11.6. The van der Waals surface area contributed by atoms with Gasteiger partial charge in [-0.2, -0.15) is 0 Å². The highest BCUT2D eigenvalue weighted by Crippen LogP contribution is 2.19. The Balaban J connectivity index is 4.18. The molecule has 0 spiro atoms. The van der Waals surface area contributed by atoms with Crippen LogP contribution in [-0.2, 0) is 19.1 Å². The molecule has 0 aromatic heterocycles. The van der Waals surface area contributed by atoms with Crippen molar-refractivity contribution in [2.45, 2.75) is 58.3 Å². The Hall–Kier alpha value is -0.710. The largest absolute Gasteiger partial charge is 0.465 e. The predicted octanol–water partition coefficient (Wildman–Crippen LogP) is 2.79. The third-order valence-electron chi connectivity index (χ3n) is 1.92. The second kappa shape index (κ2) is 8.40. The first-order chi connectivity index (χ1) is 8.30. The Bertz CT molecular complexity index is 271. The van der Waals surface area contributed by atoms with Crippen LogP contribution in [0.1, 0.15) is 47.5 Å². The van der Waals surface area contributed by atoms with Crippen molar-refractivity contribution in [2.75, 3.05) is 12.4 Å². The standard InChI is InChI=1S/C13H24O4S/c1-6-8-10(12(15)16-7-2)18-9-11(14)17-13(3,4)5/h10H,6-9H2,1-5H3. The van der Waals surface area contributed by atoms with E-state index >= 15 is 0 Å². The minimum atomic E-state index is -0.484. The molecule has 0 radical (unpaired) electrons. The molecule has 5 heteroatoms. The van der Waals surface area contributed by atoms with Gasteiger partial charge in [0.25, 0.3) is 0 Å². The van der Waals surface area contributed by atoms with Crippen LogP contribution in [0.2, 0.25) is 0 Å². The maximum Gasteiger partial charge on any atom is 0.319 e. The highest BCUT2D eigenvalue weighted by Gasteiger charge is 2.22. The van der Waals surface area contributed by atoms with Gasteiger partial charge in [-0.1, -0.05) is 13.3 Å². The number of carbonyl (C=O) groups excluding carboxylic acids is 2. The molecular formula is C13H24O4S. The molecule has 0 amide bonds. The lowest BCUT2D eigenvalue weighted by Crippen LogP contribution is -2.27. The van der Waals surface area contributed by atoms with E-state index in [0.717, 1.165) is 6.42 Å². The molecule has 0 rings (SSSR count). The second-order valence-corrected chi connectivity index (χ2v) is 6.12. The SMILES string of the molecule is CCCC(SCC(=O)OC(C)(C)C)C(=O)OCC. The summed E-state index contributed by atoms with van der Waals surface area (Å²) in [6.45, 7) is 9.62. The number of hydrogen-bond donors (Lipinski definition) is 0. The molecule has 106 valence electrons. The first kappa shape index (κ1) is 17.3. The molecule has 0 aromatic carbocycles. The fraction of sp³-hybridized carbons (Fsp3) is 0.846. The molecule has 0 aliphatic carbocycles. The molecule has 1 atom stereocenters. The number of carbonyl (C=O) groups is 2. The summed E-state index contributed by atoms with van der Waals surface area (Å²) in [6.07, 6.45) is 1.59. The topological polar surface area (TPSA) is 52.6 Å². The average Bonchev–Trinajstić information content (AvgIpc) is 2.21. The Labute approximate surface area is 114 Å². The van der Waals surface area contributed by atoms with Crippen LogP contribution in [0.25, 0.3) is 0 Å². The van der Waals surface area contributed by atoms with E-state index in [1.54, 1.807) is 6.92 Å². The lowest BCUT2D eigenvalue weighted by molar-refractivity contribution is -0.151. The van der Waals surface area contributed by atoms with Crippen LogP contribution in [-0.4, -0.2) is 35.1 Å². The van der Waals surface area contributed by atoms with E-state index in [1.807, 2.05) is 27.7 Å². The number of rotatable bonds is 7. The van der Waals surface area contributed by atoms with Gasteiger partial charge in [-0.05, 0) is 34.1 Å². The first-order valence-corrected chi connectivity index (χ1v) is 7.35. The van der Waals surface area contributed by atoms with E-state index < -0.39 is 5.60 Å². The van der Waals surface area contributed by atoms with Gasteiger partial charge in [0.15, 0.2) is 0 Å². The molecule has 0 heterocycles. The molecule has 0 bridgehead atoms. The molecule has 0 aliphatic rings. The third-order valence-corrected chi connectivity index (χ3v) is 3.16. The van der Waals surface area contributed by atoms with Crippen LogP contribution in [0.4, 0.5) is 0 Å². The van der Waals surface area contributed by atoms with Gasteiger partial charge in [0.05, 0.1) is 12.4 Å². The van der Waals surface area contributed by atoms with Crippen molar-refractivity contribution in [1.29, 1.82) is 0 Å². The third kappa shape index (κ3) is 8.39. The molecule has 1 unspecified atom stereocenters. The number of ether oxygens (including phenoxy) is 2. The van der Waals surface area contributed by atoms with E-state index in [0.29, 0.717) is 13.0 Å². The Kier molecular flexibility index (Phi) is 8.07. The molecule has 0 aromatic rings. The summed E-state index contributed by atoms with van der Waals surface area (Å²) in [7, 11) is 0. The van der Waals surface area contributed by atoms with Crippen molar-refractivity contribution in [1.82, 2.24) is 0 Å².